The van der Waals surface area contributed by atoms with Crippen molar-refractivity contribution in [3.8, 4) is 11.1 Å². The van der Waals surface area contributed by atoms with Gasteiger partial charge < -0.3 is 37.2 Å². The number of pyridine rings is 1. The van der Waals surface area contributed by atoms with E-state index < -0.39 is 16.7 Å². The summed E-state index contributed by atoms with van der Waals surface area (Å²) in [6.45, 7) is 4.02. The van der Waals surface area contributed by atoms with Crippen LogP contribution in [0.4, 0.5) is 17.2 Å². The van der Waals surface area contributed by atoms with Crippen LogP contribution in [0.5, 0.6) is 0 Å². The number of carbonyl (C=O) groups excluding carboxylic acids is 2. The Labute approximate surface area is 264 Å². The predicted octanol–water partition coefficient (Wildman–Crippen LogP) is 1.74. The number of hydrogen-bond donors (Lipinski definition) is 5. The van der Waals surface area contributed by atoms with E-state index in [0.29, 0.717) is 12.3 Å². The Morgan fingerprint density at radius 1 is 1.16 bits per heavy atom. The maximum absolute atomic E-state index is 12.5. The molecule has 1 atom stereocenters. The molecule has 2 aliphatic heterocycles. The van der Waals surface area contributed by atoms with Gasteiger partial charge >= 0.3 is 0 Å². The second-order valence-corrected chi connectivity index (χ2v) is 13.2. The van der Waals surface area contributed by atoms with Gasteiger partial charge in [0.1, 0.15) is 17.3 Å². The number of amides is 2. The number of fused-ring (bicyclic) bond motifs is 3. The average Bonchev–Trinajstić information content (AvgIpc) is 3.80. The molecule has 2 fully saturated rings. The van der Waals surface area contributed by atoms with Crippen molar-refractivity contribution in [3.05, 3.63) is 71.7 Å². The fourth-order valence-corrected chi connectivity index (χ4v) is 6.49. The number of para-hydroxylation sites is 1. The zero-order valence-electron chi connectivity index (χ0n) is 25.5. The van der Waals surface area contributed by atoms with Crippen molar-refractivity contribution in [2.45, 2.75) is 37.2 Å². The number of rotatable bonds is 10. The van der Waals surface area contributed by atoms with Crippen LogP contribution in [0.3, 0.4) is 0 Å². The van der Waals surface area contributed by atoms with Crippen molar-refractivity contribution in [3.63, 3.8) is 0 Å². The van der Waals surface area contributed by atoms with Crippen LogP contribution in [-0.2, 0) is 26.9 Å². The minimum atomic E-state index is -1.03. The van der Waals surface area contributed by atoms with Gasteiger partial charge in [0.15, 0.2) is 0 Å². The molecule has 236 valence electrons. The Morgan fingerprint density at radius 3 is 2.64 bits per heavy atom. The quantitative estimate of drug-likeness (QED) is 0.164. The van der Waals surface area contributed by atoms with Crippen LogP contribution >= 0.6 is 0 Å². The van der Waals surface area contributed by atoms with E-state index in [1.807, 2.05) is 50.5 Å². The minimum absolute atomic E-state index is 0.0259. The highest BCUT2D eigenvalue weighted by Crippen LogP contribution is 2.44. The number of nitrogens with two attached hydrogens (primary N) is 2. The molecule has 45 heavy (non-hydrogen) atoms. The Morgan fingerprint density at radius 2 is 1.93 bits per heavy atom. The first-order chi connectivity index (χ1) is 21.7. The number of nitrogens with one attached hydrogen (secondary N) is 3. The topological polar surface area (TPSA) is 177 Å². The summed E-state index contributed by atoms with van der Waals surface area (Å²) in [6, 6.07) is 9.78. The van der Waals surface area contributed by atoms with Crippen molar-refractivity contribution in [1.29, 1.82) is 0 Å². The summed E-state index contributed by atoms with van der Waals surface area (Å²) >= 11 is 0. The number of anilines is 3. The van der Waals surface area contributed by atoms with Gasteiger partial charge in [0, 0.05) is 67.2 Å². The van der Waals surface area contributed by atoms with Crippen molar-refractivity contribution in [2.24, 2.45) is 17.4 Å². The Bertz CT molecular complexity index is 1740. The molecule has 2 aromatic heterocycles. The van der Waals surface area contributed by atoms with Gasteiger partial charge in [-0.05, 0) is 31.0 Å². The minimum Gasteiger partial charge on any atom is -0.393 e. The van der Waals surface area contributed by atoms with Crippen molar-refractivity contribution in [1.82, 2.24) is 25.4 Å². The zero-order valence-corrected chi connectivity index (χ0v) is 26.4. The van der Waals surface area contributed by atoms with Gasteiger partial charge in [-0.25, -0.2) is 4.98 Å². The molecule has 1 saturated carbocycles. The molecular formula is C31H38N10O3S. The van der Waals surface area contributed by atoms with Crippen LogP contribution in [0.15, 0.2) is 70.9 Å². The molecule has 1 aromatic carbocycles. The standard InChI is InChI=1S/C31H38N10O3S/c1-4-45(44)20-10-11-35-27(12-20)40-15-19(16-40)41-25-17-39(3)29-21(22(25)14-36-41)6-5-7-23(29)37-24(28(33)31(43)34-2)13-26(32)38-30(42)18-8-9-18/h5-7,10-14,18-19,37H,4,8-9,15-17,32-33H2,1-3H3,(H,34,43)(H,38,42)/b26-13+,28-24+. The molecule has 1 aliphatic carbocycles. The number of likely N-dealkylation sites (N-methyl/N-ethyl adjacent to an activating group) is 1. The molecule has 3 aromatic rings. The van der Waals surface area contributed by atoms with Crippen LogP contribution in [-0.4, -0.2) is 63.7 Å². The highest BCUT2D eigenvalue weighted by atomic mass is 32.2. The molecule has 3 aliphatic rings. The van der Waals surface area contributed by atoms with Crippen LogP contribution in [0.25, 0.3) is 11.1 Å². The van der Waals surface area contributed by atoms with Gasteiger partial charge in [0.2, 0.25) is 5.91 Å². The smallest absolute Gasteiger partial charge is 0.269 e. The van der Waals surface area contributed by atoms with E-state index in [1.165, 1.54) is 13.1 Å². The van der Waals surface area contributed by atoms with Crippen LogP contribution < -0.4 is 37.2 Å². The second kappa shape index (κ2) is 12.3. The third-order valence-corrected chi connectivity index (χ3v) is 9.62. The number of hydrogen-bond acceptors (Lipinski definition) is 10. The van der Waals surface area contributed by atoms with Crippen molar-refractivity contribution >= 4 is 39.8 Å². The lowest BCUT2D eigenvalue weighted by Crippen LogP contribution is -2.49. The molecule has 1 saturated heterocycles. The first-order valence-corrected chi connectivity index (χ1v) is 16.3. The van der Waals surface area contributed by atoms with Gasteiger partial charge in [-0.2, -0.15) is 5.10 Å². The molecule has 7 N–H and O–H groups in total. The Balaban J connectivity index is 1.25. The Hall–Kier alpha value is -4.85. The maximum atomic E-state index is 12.5. The van der Waals surface area contributed by atoms with E-state index in [-0.39, 0.29) is 35.1 Å². The van der Waals surface area contributed by atoms with E-state index >= 15 is 0 Å². The molecule has 2 amide bonds. The average molecular weight is 631 g/mol. The number of carbonyl (C=O) groups is 2. The second-order valence-electron chi connectivity index (χ2n) is 11.4. The van der Waals surface area contributed by atoms with Gasteiger partial charge in [0.05, 0.1) is 52.3 Å². The molecule has 0 spiro atoms. The molecular weight excluding hydrogens is 592 g/mol. The summed E-state index contributed by atoms with van der Waals surface area (Å²) in [4.78, 5) is 34.4. The molecule has 0 bridgehead atoms. The summed E-state index contributed by atoms with van der Waals surface area (Å²) in [5.41, 5.74) is 17.3. The molecule has 6 rings (SSSR count). The van der Waals surface area contributed by atoms with Crippen molar-refractivity contribution < 1.29 is 13.8 Å². The third kappa shape index (κ3) is 5.97. The normalized spacial score (nSPS) is 17.4. The van der Waals surface area contributed by atoms with E-state index in [0.717, 1.165) is 64.8 Å². The summed E-state index contributed by atoms with van der Waals surface area (Å²) in [6.07, 6.45) is 6.78. The van der Waals surface area contributed by atoms with Crippen LogP contribution in [0.1, 0.15) is 31.5 Å². The summed E-state index contributed by atoms with van der Waals surface area (Å²) in [5.74, 6) is 0.842. The predicted molar refractivity (Wildman–Crippen MR) is 174 cm³/mol. The van der Waals surface area contributed by atoms with Gasteiger partial charge in [-0.15, -0.1) is 0 Å². The fourth-order valence-electron chi connectivity index (χ4n) is 5.70. The lowest BCUT2D eigenvalue weighted by Gasteiger charge is -2.41. The molecule has 1 unspecified atom stereocenters. The molecule has 13 nitrogen and oxygen atoms in total. The van der Waals surface area contributed by atoms with Gasteiger partial charge in [0.25, 0.3) is 5.91 Å². The third-order valence-electron chi connectivity index (χ3n) is 8.31. The van der Waals surface area contributed by atoms with E-state index in [2.05, 4.69) is 35.4 Å². The van der Waals surface area contributed by atoms with Crippen LogP contribution in [0.2, 0.25) is 0 Å². The summed E-state index contributed by atoms with van der Waals surface area (Å²) in [7, 11) is 2.47. The van der Waals surface area contributed by atoms with Crippen molar-refractivity contribution in [2.75, 3.05) is 48.1 Å². The number of allylic oxidation sites excluding steroid dienone is 1. The maximum Gasteiger partial charge on any atom is 0.269 e. The highest BCUT2D eigenvalue weighted by Gasteiger charge is 2.35. The Kier molecular flexibility index (Phi) is 8.23. The number of nitrogens with zero attached hydrogens (tertiary/aromatic N) is 5. The van der Waals surface area contributed by atoms with E-state index in [1.54, 1.807) is 6.20 Å². The van der Waals surface area contributed by atoms with Gasteiger partial charge in [-0.3, -0.25) is 18.5 Å². The molecule has 0 radical (unpaired) electrons. The first kappa shape index (κ1) is 30.2. The fraction of sp³-hybridized carbons (Fsp3) is 0.355. The summed E-state index contributed by atoms with van der Waals surface area (Å²) < 4.78 is 14.4. The first-order valence-electron chi connectivity index (χ1n) is 15.0. The van der Waals surface area contributed by atoms with Crippen LogP contribution in [0, 0.1) is 5.92 Å². The van der Waals surface area contributed by atoms with E-state index in [9.17, 15) is 13.8 Å². The van der Waals surface area contributed by atoms with Gasteiger partial charge in [-0.1, -0.05) is 19.1 Å². The largest absolute Gasteiger partial charge is 0.393 e. The lowest BCUT2D eigenvalue weighted by atomic mass is 9.97. The number of benzene rings is 1. The zero-order chi connectivity index (χ0) is 31.8. The molecule has 14 heteroatoms. The summed E-state index contributed by atoms with van der Waals surface area (Å²) in [5, 5.41) is 13.4. The lowest BCUT2D eigenvalue weighted by molar-refractivity contribution is -0.121. The monoisotopic (exact) mass is 630 g/mol. The highest BCUT2D eigenvalue weighted by molar-refractivity contribution is 7.85. The SMILES string of the molecule is CCS(=O)c1ccnc(N2CC(n3ncc4c3CN(C)c3c(NC(/C=C(\N)NC(=O)C5CC5)=C(/N)C(=O)NC)cccc3-4)C2)c1. The number of aromatic nitrogens is 3. The van der Waals surface area contributed by atoms with E-state index in [4.69, 9.17) is 16.6 Å². The molecule has 4 heterocycles.